The molecular formula is C6H12N2S. The second-order valence-corrected chi connectivity index (χ2v) is 3.47. The van der Waals surface area contributed by atoms with Gasteiger partial charge in [0.25, 0.3) is 0 Å². The van der Waals surface area contributed by atoms with E-state index >= 15 is 0 Å². The van der Waals surface area contributed by atoms with Gasteiger partial charge in [0.05, 0.1) is 11.4 Å². The van der Waals surface area contributed by atoms with Crippen LogP contribution in [0.1, 0.15) is 0 Å². The summed E-state index contributed by atoms with van der Waals surface area (Å²) in [7, 11) is 4.08. The van der Waals surface area contributed by atoms with Crippen LogP contribution in [0.3, 0.4) is 0 Å². The van der Waals surface area contributed by atoms with Gasteiger partial charge in [-0.15, -0.1) is 11.8 Å². The van der Waals surface area contributed by atoms with Crippen LogP contribution in [-0.2, 0) is 0 Å². The maximum Gasteiger partial charge on any atom is 0.0742 e. The van der Waals surface area contributed by atoms with Crippen molar-refractivity contribution in [3.05, 3.63) is 11.5 Å². The molecule has 0 saturated heterocycles. The van der Waals surface area contributed by atoms with Gasteiger partial charge in [0.2, 0.25) is 0 Å². The van der Waals surface area contributed by atoms with Gasteiger partial charge >= 0.3 is 0 Å². The van der Waals surface area contributed by atoms with Crippen LogP contribution in [0.2, 0.25) is 0 Å². The summed E-state index contributed by atoms with van der Waals surface area (Å²) in [6.07, 6.45) is 2.13. The van der Waals surface area contributed by atoms with Crippen molar-refractivity contribution in [1.82, 2.24) is 4.90 Å². The van der Waals surface area contributed by atoms with E-state index in [1.165, 1.54) is 0 Å². The summed E-state index contributed by atoms with van der Waals surface area (Å²) >= 11 is 1.69. The second kappa shape index (κ2) is 2.73. The maximum absolute atomic E-state index is 5.74. The minimum atomic E-state index is 0.236. The third-order valence-corrected chi connectivity index (χ3v) is 2.35. The SMILES string of the molecule is CN(C)C1C=CSC1N. The molecule has 1 aliphatic heterocycles. The van der Waals surface area contributed by atoms with Crippen molar-refractivity contribution in [3.8, 4) is 0 Å². The molecule has 9 heavy (non-hydrogen) atoms. The number of rotatable bonds is 1. The van der Waals surface area contributed by atoms with Crippen LogP contribution in [0.4, 0.5) is 0 Å². The standard InChI is InChI=1S/C6H12N2S/c1-8(2)5-3-4-9-6(5)7/h3-6H,7H2,1-2H3. The summed E-state index contributed by atoms with van der Waals surface area (Å²) in [5, 5.41) is 2.30. The van der Waals surface area contributed by atoms with Gasteiger partial charge in [-0.25, -0.2) is 0 Å². The van der Waals surface area contributed by atoms with E-state index in [0.29, 0.717) is 6.04 Å². The lowest BCUT2D eigenvalue weighted by Crippen LogP contribution is -2.38. The molecule has 0 radical (unpaired) electrons. The van der Waals surface area contributed by atoms with E-state index in [0.717, 1.165) is 0 Å². The zero-order chi connectivity index (χ0) is 6.85. The zero-order valence-electron chi connectivity index (χ0n) is 5.74. The Morgan fingerprint density at radius 2 is 2.22 bits per heavy atom. The molecule has 3 heteroatoms. The predicted molar refractivity (Wildman–Crippen MR) is 42.2 cm³/mol. The first-order valence-corrected chi connectivity index (χ1v) is 3.90. The molecule has 0 aromatic rings. The van der Waals surface area contributed by atoms with E-state index in [4.69, 9.17) is 5.73 Å². The van der Waals surface area contributed by atoms with Gasteiger partial charge in [-0.05, 0) is 19.5 Å². The van der Waals surface area contributed by atoms with Crippen LogP contribution in [0, 0.1) is 0 Å². The van der Waals surface area contributed by atoms with Gasteiger partial charge in [-0.3, -0.25) is 0 Å². The highest BCUT2D eigenvalue weighted by Gasteiger charge is 2.20. The minimum absolute atomic E-state index is 0.236. The van der Waals surface area contributed by atoms with Crippen molar-refractivity contribution in [3.63, 3.8) is 0 Å². The number of likely N-dealkylation sites (N-methyl/N-ethyl adjacent to an activating group) is 1. The molecule has 2 unspecified atom stereocenters. The summed E-state index contributed by atoms with van der Waals surface area (Å²) in [5.41, 5.74) is 5.74. The molecule has 0 aromatic carbocycles. The first-order valence-electron chi connectivity index (χ1n) is 2.96. The van der Waals surface area contributed by atoms with Crippen LogP contribution < -0.4 is 5.73 Å². The topological polar surface area (TPSA) is 29.3 Å². The molecule has 52 valence electrons. The first-order chi connectivity index (χ1) is 4.22. The Hall–Kier alpha value is 0.01000. The molecule has 0 fully saturated rings. The Labute approximate surface area is 60.1 Å². The van der Waals surface area contributed by atoms with Gasteiger partial charge < -0.3 is 10.6 Å². The summed E-state index contributed by atoms with van der Waals surface area (Å²) < 4.78 is 0. The number of hydrogen-bond acceptors (Lipinski definition) is 3. The number of nitrogens with zero attached hydrogens (tertiary/aromatic N) is 1. The van der Waals surface area contributed by atoms with Crippen LogP contribution >= 0.6 is 11.8 Å². The molecule has 2 nitrogen and oxygen atoms in total. The van der Waals surface area contributed by atoms with Crippen LogP contribution in [0.15, 0.2) is 11.5 Å². The fourth-order valence-corrected chi connectivity index (χ4v) is 1.80. The van der Waals surface area contributed by atoms with Gasteiger partial charge in [0, 0.05) is 0 Å². The molecule has 2 atom stereocenters. The number of thioether (sulfide) groups is 1. The second-order valence-electron chi connectivity index (χ2n) is 2.38. The fourth-order valence-electron chi connectivity index (χ4n) is 0.873. The minimum Gasteiger partial charge on any atom is -0.318 e. The fraction of sp³-hybridized carbons (Fsp3) is 0.667. The smallest absolute Gasteiger partial charge is 0.0742 e. The average molecular weight is 144 g/mol. The summed E-state index contributed by atoms with van der Waals surface area (Å²) in [6, 6.07) is 0.426. The molecule has 0 amide bonds. The predicted octanol–water partition coefficient (Wildman–Crippen LogP) is 0.462. The largest absolute Gasteiger partial charge is 0.318 e. The lowest BCUT2D eigenvalue weighted by Gasteiger charge is -2.21. The van der Waals surface area contributed by atoms with Gasteiger partial charge in [0.15, 0.2) is 0 Å². The van der Waals surface area contributed by atoms with Crippen molar-refractivity contribution >= 4 is 11.8 Å². The van der Waals surface area contributed by atoms with E-state index in [-0.39, 0.29) is 5.37 Å². The van der Waals surface area contributed by atoms with Crippen molar-refractivity contribution in [2.45, 2.75) is 11.4 Å². The summed E-state index contributed by atoms with van der Waals surface area (Å²) in [4.78, 5) is 2.13. The average Bonchev–Trinajstić information content (AvgIpc) is 2.13. The Balaban J connectivity index is 2.49. The molecule has 1 rings (SSSR count). The molecule has 1 aliphatic rings. The van der Waals surface area contributed by atoms with E-state index in [1.807, 2.05) is 14.1 Å². The van der Waals surface area contributed by atoms with Gasteiger partial charge in [-0.1, -0.05) is 6.08 Å². The number of nitrogens with two attached hydrogens (primary N) is 1. The quantitative estimate of drug-likeness (QED) is 0.580. The molecule has 2 N–H and O–H groups in total. The molecule has 0 saturated carbocycles. The van der Waals surface area contributed by atoms with Crippen molar-refractivity contribution in [2.75, 3.05) is 14.1 Å². The third-order valence-electron chi connectivity index (χ3n) is 1.44. The summed E-state index contributed by atoms with van der Waals surface area (Å²) in [6.45, 7) is 0. The normalized spacial score (nSPS) is 34.2. The highest BCUT2D eigenvalue weighted by molar-refractivity contribution is 8.03. The lowest BCUT2D eigenvalue weighted by molar-refractivity contribution is 0.341. The van der Waals surface area contributed by atoms with E-state index < -0.39 is 0 Å². The lowest BCUT2D eigenvalue weighted by atomic mass is 10.3. The molecule has 0 aromatic heterocycles. The molecular weight excluding hydrogens is 132 g/mol. The zero-order valence-corrected chi connectivity index (χ0v) is 6.56. The van der Waals surface area contributed by atoms with Gasteiger partial charge in [0.1, 0.15) is 0 Å². The third kappa shape index (κ3) is 1.47. The van der Waals surface area contributed by atoms with Crippen LogP contribution in [-0.4, -0.2) is 30.4 Å². The van der Waals surface area contributed by atoms with Crippen LogP contribution in [0.5, 0.6) is 0 Å². The maximum atomic E-state index is 5.74. The number of hydrogen-bond donors (Lipinski definition) is 1. The Kier molecular flexibility index (Phi) is 2.16. The van der Waals surface area contributed by atoms with Crippen LogP contribution in [0.25, 0.3) is 0 Å². The van der Waals surface area contributed by atoms with Crippen molar-refractivity contribution in [1.29, 1.82) is 0 Å². The van der Waals surface area contributed by atoms with Crippen molar-refractivity contribution in [2.24, 2.45) is 5.73 Å². The monoisotopic (exact) mass is 144 g/mol. The van der Waals surface area contributed by atoms with E-state index in [1.54, 1.807) is 11.8 Å². The van der Waals surface area contributed by atoms with Gasteiger partial charge in [-0.2, -0.15) is 0 Å². The Morgan fingerprint density at radius 3 is 2.44 bits per heavy atom. The Morgan fingerprint density at radius 1 is 1.56 bits per heavy atom. The van der Waals surface area contributed by atoms with E-state index in [2.05, 4.69) is 16.4 Å². The Bertz CT molecular complexity index is 122. The molecule has 1 heterocycles. The molecule has 0 bridgehead atoms. The van der Waals surface area contributed by atoms with E-state index in [9.17, 15) is 0 Å². The highest BCUT2D eigenvalue weighted by Crippen LogP contribution is 2.22. The van der Waals surface area contributed by atoms with Crippen molar-refractivity contribution < 1.29 is 0 Å². The highest BCUT2D eigenvalue weighted by atomic mass is 32.2. The first kappa shape index (κ1) is 7.12. The summed E-state index contributed by atoms with van der Waals surface area (Å²) in [5.74, 6) is 0. The molecule has 0 aliphatic carbocycles. The molecule has 0 spiro atoms.